The zero-order valence-corrected chi connectivity index (χ0v) is 6.65. The molecule has 0 heterocycles. The molecule has 1 fully saturated rings. The fourth-order valence-corrected chi connectivity index (χ4v) is 1.06. The molecule has 0 aliphatic heterocycles. The Morgan fingerprint density at radius 1 is 1.60 bits per heavy atom. The van der Waals surface area contributed by atoms with E-state index in [9.17, 15) is 4.79 Å². The second kappa shape index (κ2) is 3.78. The van der Waals surface area contributed by atoms with E-state index in [-0.39, 0.29) is 18.3 Å². The summed E-state index contributed by atoms with van der Waals surface area (Å²) in [5, 5.41) is 11.4. The van der Waals surface area contributed by atoms with Gasteiger partial charge in [0.2, 0.25) is 0 Å². The van der Waals surface area contributed by atoms with Crippen LogP contribution in [0.5, 0.6) is 0 Å². The highest BCUT2D eigenvalue weighted by atomic mass is 35.5. The van der Waals surface area contributed by atoms with E-state index >= 15 is 0 Å². The number of carboxylic acid groups (broad SMARTS) is 1. The van der Waals surface area contributed by atoms with Crippen LogP contribution in [0.3, 0.4) is 0 Å². The van der Waals surface area contributed by atoms with Gasteiger partial charge in [-0.1, -0.05) is 0 Å². The van der Waals surface area contributed by atoms with Crippen LogP contribution in [-0.4, -0.2) is 24.2 Å². The van der Waals surface area contributed by atoms with Crippen LogP contribution in [0.1, 0.15) is 12.8 Å². The Morgan fingerprint density at radius 2 is 2.10 bits per heavy atom. The molecule has 3 nitrogen and oxygen atoms in total. The lowest BCUT2D eigenvalue weighted by Gasteiger charge is -2.31. The lowest BCUT2D eigenvalue weighted by Crippen LogP contribution is -2.42. The standard InChI is InChI=1S/C6H11NO2.ClH/c1-7-5-2-4(3-5)6(8)9;/h4-5,7H,2-3H2,1H3,(H,8,9);1H/t4-,5-;. The van der Waals surface area contributed by atoms with Gasteiger partial charge in [-0.25, -0.2) is 0 Å². The normalized spacial score (nSPS) is 30.1. The highest BCUT2D eigenvalue weighted by Crippen LogP contribution is 2.26. The van der Waals surface area contributed by atoms with Gasteiger partial charge in [-0.15, -0.1) is 12.4 Å². The first-order valence-electron chi connectivity index (χ1n) is 3.14. The van der Waals surface area contributed by atoms with Crippen LogP contribution in [0, 0.1) is 5.92 Å². The predicted octanol–water partition coefficient (Wildman–Crippen LogP) is 0.491. The van der Waals surface area contributed by atoms with E-state index < -0.39 is 5.97 Å². The van der Waals surface area contributed by atoms with Gasteiger partial charge in [-0.3, -0.25) is 4.79 Å². The molecule has 0 atom stereocenters. The minimum Gasteiger partial charge on any atom is -0.481 e. The Hall–Kier alpha value is -0.280. The number of halogens is 1. The number of hydrogen-bond donors (Lipinski definition) is 2. The number of carboxylic acids is 1. The SMILES string of the molecule is CN[C@H]1C[C@H](C(=O)O)C1.Cl. The summed E-state index contributed by atoms with van der Waals surface area (Å²) in [6, 6.07) is 0.450. The van der Waals surface area contributed by atoms with Gasteiger partial charge in [0.15, 0.2) is 0 Å². The highest BCUT2D eigenvalue weighted by molar-refractivity contribution is 5.85. The number of nitrogens with one attached hydrogen (secondary N) is 1. The molecular weight excluding hydrogens is 154 g/mol. The second-order valence-corrected chi connectivity index (χ2v) is 2.49. The van der Waals surface area contributed by atoms with E-state index in [1.165, 1.54) is 0 Å². The fraction of sp³-hybridized carbons (Fsp3) is 0.833. The Balaban J connectivity index is 0.000000810. The smallest absolute Gasteiger partial charge is 0.306 e. The minimum absolute atomic E-state index is 0. The summed E-state index contributed by atoms with van der Waals surface area (Å²) in [6.07, 6.45) is 1.59. The lowest BCUT2D eigenvalue weighted by molar-refractivity contribution is -0.145. The summed E-state index contributed by atoms with van der Waals surface area (Å²) >= 11 is 0. The van der Waals surface area contributed by atoms with Crippen LogP contribution < -0.4 is 5.32 Å². The van der Waals surface area contributed by atoms with Gasteiger partial charge in [-0.2, -0.15) is 0 Å². The molecule has 1 rings (SSSR count). The van der Waals surface area contributed by atoms with Crippen LogP contribution in [0.15, 0.2) is 0 Å². The highest BCUT2D eigenvalue weighted by Gasteiger charge is 2.32. The summed E-state index contributed by atoms with van der Waals surface area (Å²) in [6.45, 7) is 0. The van der Waals surface area contributed by atoms with Crippen LogP contribution in [-0.2, 0) is 4.79 Å². The summed E-state index contributed by atoms with van der Waals surface area (Å²) in [5.74, 6) is -0.732. The number of carbonyl (C=O) groups is 1. The van der Waals surface area contributed by atoms with Crippen molar-refractivity contribution in [3.05, 3.63) is 0 Å². The Kier molecular flexibility index (Phi) is 3.68. The molecule has 0 aromatic heterocycles. The first-order chi connectivity index (χ1) is 4.24. The van der Waals surface area contributed by atoms with Crippen molar-refractivity contribution in [2.75, 3.05) is 7.05 Å². The van der Waals surface area contributed by atoms with Gasteiger partial charge < -0.3 is 10.4 Å². The molecule has 1 saturated carbocycles. The Labute approximate surface area is 66.2 Å². The average molecular weight is 166 g/mol. The molecular formula is C6H12ClNO2. The summed E-state index contributed by atoms with van der Waals surface area (Å²) in [5.41, 5.74) is 0. The molecule has 0 aromatic rings. The third kappa shape index (κ3) is 1.85. The maximum Gasteiger partial charge on any atom is 0.306 e. The van der Waals surface area contributed by atoms with Crippen molar-refractivity contribution >= 4 is 18.4 Å². The molecule has 0 radical (unpaired) electrons. The van der Waals surface area contributed by atoms with Gasteiger partial charge in [0, 0.05) is 6.04 Å². The van der Waals surface area contributed by atoms with E-state index in [4.69, 9.17) is 5.11 Å². The predicted molar refractivity (Wildman–Crippen MR) is 40.5 cm³/mol. The number of rotatable bonds is 2. The van der Waals surface area contributed by atoms with Crippen molar-refractivity contribution in [1.82, 2.24) is 5.32 Å². The monoisotopic (exact) mass is 165 g/mol. The molecule has 1 aliphatic carbocycles. The molecule has 1 aliphatic rings. The van der Waals surface area contributed by atoms with Crippen molar-refractivity contribution in [3.8, 4) is 0 Å². The topological polar surface area (TPSA) is 49.3 Å². The molecule has 0 aromatic carbocycles. The molecule has 0 saturated heterocycles. The van der Waals surface area contributed by atoms with Gasteiger partial charge in [0.1, 0.15) is 0 Å². The molecule has 10 heavy (non-hydrogen) atoms. The maximum absolute atomic E-state index is 10.2. The van der Waals surface area contributed by atoms with Crippen molar-refractivity contribution in [2.24, 2.45) is 5.92 Å². The fourth-order valence-electron chi connectivity index (χ4n) is 1.06. The quantitative estimate of drug-likeness (QED) is 0.626. The average Bonchev–Trinajstić information content (AvgIpc) is 1.61. The third-order valence-corrected chi connectivity index (χ3v) is 1.90. The van der Waals surface area contributed by atoms with Crippen LogP contribution in [0.25, 0.3) is 0 Å². The van der Waals surface area contributed by atoms with E-state index in [1.807, 2.05) is 7.05 Å². The third-order valence-electron chi connectivity index (χ3n) is 1.90. The molecule has 0 spiro atoms. The molecule has 0 unspecified atom stereocenters. The lowest BCUT2D eigenvalue weighted by atomic mass is 9.80. The van der Waals surface area contributed by atoms with Crippen molar-refractivity contribution in [3.63, 3.8) is 0 Å². The first-order valence-corrected chi connectivity index (χ1v) is 3.14. The molecule has 2 N–H and O–H groups in total. The minimum atomic E-state index is -0.651. The summed E-state index contributed by atoms with van der Waals surface area (Å²) in [4.78, 5) is 10.2. The molecule has 4 heteroatoms. The van der Waals surface area contributed by atoms with Gasteiger partial charge in [-0.05, 0) is 19.9 Å². The van der Waals surface area contributed by atoms with Crippen molar-refractivity contribution < 1.29 is 9.90 Å². The van der Waals surface area contributed by atoms with E-state index in [0.717, 1.165) is 12.8 Å². The largest absolute Gasteiger partial charge is 0.481 e. The zero-order chi connectivity index (χ0) is 6.85. The van der Waals surface area contributed by atoms with Crippen molar-refractivity contribution in [2.45, 2.75) is 18.9 Å². The second-order valence-electron chi connectivity index (χ2n) is 2.49. The maximum atomic E-state index is 10.2. The van der Waals surface area contributed by atoms with Crippen LogP contribution in [0.4, 0.5) is 0 Å². The van der Waals surface area contributed by atoms with Crippen LogP contribution in [0.2, 0.25) is 0 Å². The molecule has 60 valence electrons. The first kappa shape index (κ1) is 9.72. The van der Waals surface area contributed by atoms with E-state index in [0.29, 0.717) is 6.04 Å². The van der Waals surface area contributed by atoms with Crippen molar-refractivity contribution in [1.29, 1.82) is 0 Å². The van der Waals surface area contributed by atoms with Gasteiger partial charge >= 0.3 is 5.97 Å². The Morgan fingerprint density at radius 3 is 2.40 bits per heavy atom. The number of hydrogen-bond acceptors (Lipinski definition) is 2. The zero-order valence-electron chi connectivity index (χ0n) is 5.83. The van der Waals surface area contributed by atoms with Gasteiger partial charge in [0.25, 0.3) is 0 Å². The summed E-state index contributed by atoms with van der Waals surface area (Å²) < 4.78 is 0. The molecule has 0 bridgehead atoms. The summed E-state index contributed by atoms with van der Waals surface area (Å²) in [7, 11) is 1.86. The van der Waals surface area contributed by atoms with Gasteiger partial charge in [0.05, 0.1) is 5.92 Å². The van der Waals surface area contributed by atoms with E-state index in [2.05, 4.69) is 5.32 Å². The molecule has 0 amide bonds. The number of aliphatic carboxylic acids is 1. The van der Waals surface area contributed by atoms with E-state index in [1.54, 1.807) is 0 Å². The Bertz CT molecular complexity index is 123. The van der Waals surface area contributed by atoms with Crippen LogP contribution >= 0.6 is 12.4 Å².